The Morgan fingerprint density at radius 3 is 2.05 bits per heavy atom. The number of esters is 1. The van der Waals surface area contributed by atoms with Crippen molar-refractivity contribution in [3.8, 4) is 0 Å². The quantitative estimate of drug-likeness (QED) is 0.0229. The third kappa shape index (κ3) is 13.2. The van der Waals surface area contributed by atoms with Crippen LogP contribution in [0, 0.1) is 0 Å². The summed E-state index contributed by atoms with van der Waals surface area (Å²) >= 11 is 0. The SMILES string of the molecule is C=CC(=O)OCCCNC(=O)c1cc(NC(=O)c2ccc(N=NC(C(C)=O)C(=O)Nc3ccc4[nH]c(=O)[nH]c4c3)cc2)cc(C(=O)NCCCCN(CC)CC)c1. The van der Waals surface area contributed by atoms with Crippen LogP contribution in [-0.2, 0) is 19.1 Å². The number of nitrogens with one attached hydrogen (secondary N) is 6. The fourth-order valence-corrected chi connectivity index (χ4v) is 5.52. The summed E-state index contributed by atoms with van der Waals surface area (Å²) in [5.74, 6) is -3.32. The largest absolute Gasteiger partial charge is 0.462 e. The fourth-order valence-electron chi connectivity index (χ4n) is 5.52. The van der Waals surface area contributed by atoms with E-state index in [9.17, 15) is 33.6 Å². The highest BCUT2D eigenvalue weighted by Crippen LogP contribution is 2.20. The highest BCUT2D eigenvalue weighted by Gasteiger charge is 2.23. The average Bonchev–Trinajstić information content (AvgIpc) is 3.58. The van der Waals surface area contributed by atoms with Crippen molar-refractivity contribution in [2.45, 2.75) is 46.1 Å². The van der Waals surface area contributed by atoms with E-state index < -0.39 is 47.1 Å². The number of aromatic amines is 2. The van der Waals surface area contributed by atoms with Crippen molar-refractivity contribution in [3.05, 3.63) is 100 Å². The van der Waals surface area contributed by atoms with Crippen LogP contribution in [0.1, 0.15) is 71.1 Å². The first-order valence-electron chi connectivity index (χ1n) is 18.5. The maximum atomic E-state index is 13.3. The number of H-pyrrole nitrogens is 2. The van der Waals surface area contributed by atoms with Gasteiger partial charge in [-0.1, -0.05) is 20.4 Å². The van der Waals surface area contributed by atoms with Crippen LogP contribution in [0.25, 0.3) is 11.0 Å². The van der Waals surface area contributed by atoms with E-state index in [1.165, 1.54) is 55.5 Å². The fraction of sp³-hybridized carbons (Fsp3) is 0.325. The summed E-state index contributed by atoms with van der Waals surface area (Å²) in [5, 5.41) is 18.9. The summed E-state index contributed by atoms with van der Waals surface area (Å²) in [6.07, 6.45) is 3.05. The van der Waals surface area contributed by atoms with Crippen LogP contribution in [0.4, 0.5) is 17.1 Å². The number of ether oxygens (including phenoxy) is 1. The van der Waals surface area contributed by atoms with Crippen LogP contribution in [-0.4, -0.2) is 95.6 Å². The molecule has 4 amide bonds. The van der Waals surface area contributed by atoms with Gasteiger partial charge in [-0.15, -0.1) is 0 Å². The van der Waals surface area contributed by atoms with Crippen molar-refractivity contribution in [1.29, 1.82) is 0 Å². The number of Topliss-reactive ketones (excluding diaryl/α,β-unsaturated/α-hetero) is 1. The van der Waals surface area contributed by atoms with Crippen LogP contribution in [0.2, 0.25) is 0 Å². The van der Waals surface area contributed by atoms with Gasteiger partial charge < -0.3 is 40.9 Å². The molecule has 6 N–H and O–H groups in total. The van der Waals surface area contributed by atoms with E-state index in [2.05, 4.69) is 66.8 Å². The van der Waals surface area contributed by atoms with E-state index in [4.69, 9.17) is 4.74 Å². The Morgan fingerprint density at radius 2 is 1.42 bits per heavy atom. The third-order valence-electron chi connectivity index (χ3n) is 8.65. The van der Waals surface area contributed by atoms with Gasteiger partial charge in [0.05, 0.1) is 23.3 Å². The number of unbranched alkanes of at least 4 members (excludes halogenated alkanes) is 1. The van der Waals surface area contributed by atoms with Gasteiger partial charge in [-0.2, -0.15) is 10.2 Å². The van der Waals surface area contributed by atoms with Crippen LogP contribution < -0.4 is 27.0 Å². The van der Waals surface area contributed by atoms with E-state index in [1.54, 1.807) is 12.1 Å². The molecule has 1 unspecified atom stereocenters. The lowest BCUT2D eigenvalue weighted by atomic mass is 10.1. The van der Waals surface area contributed by atoms with Crippen molar-refractivity contribution in [1.82, 2.24) is 25.5 Å². The van der Waals surface area contributed by atoms with E-state index in [0.717, 1.165) is 38.6 Å². The van der Waals surface area contributed by atoms with Crippen LogP contribution in [0.3, 0.4) is 0 Å². The topological polar surface area (TPSA) is 236 Å². The minimum atomic E-state index is -1.47. The number of hydrogen-bond acceptors (Lipinski definition) is 11. The predicted octanol–water partition coefficient (Wildman–Crippen LogP) is 4.49. The number of aromatic nitrogens is 2. The number of ketones is 1. The van der Waals surface area contributed by atoms with Crippen molar-refractivity contribution in [2.75, 3.05) is 50.0 Å². The van der Waals surface area contributed by atoms with Gasteiger partial charge in [0.15, 0.2) is 5.78 Å². The van der Waals surface area contributed by atoms with Gasteiger partial charge in [0.2, 0.25) is 6.04 Å². The smallest absolute Gasteiger partial charge is 0.330 e. The molecule has 1 aromatic heterocycles. The molecule has 0 aliphatic carbocycles. The highest BCUT2D eigenvalue weighted by molar-refractivity contribution is 6.10. The number of nitrogens with zero attached hydrogens (tertiary/aromatic N) is 3. The maximum absolute atomic E-state index is 13.3. The molecule has 1 atom stereocenters. The molecule has 0 bridgehead atoms. The molecule has 17 nitrogen and oxygen atoms in total. The molecule has 3 aromatic carbocycles. The van der Waals surface area contributed by atoms with Gasteiger partial charge in [-0.3, -0.25) is 24.0 Å². The van der Waals surface area contributed by atoms with Crippen molar-refractivity contribution < 1.29 is 33.5 Å². The minimum Gasteiger partial charge on any atom is -0.462 e. The summed E-state index contributed by atoms with van der Waals surface area (Å²) in [7, 11) is 0. The molecule has 57 heavy (non-hydrogen) atoms. The van der Waals surface area contributed by atoms with Gasteiger partial charge in [0, 0.05) is 47.2 Å². The molecule has 0 aliphatic heterocycles. The molecule has 0 saturated heterocycles. The predicted molar refractivity (Wildman–Crippen MR) is 215 cm³/mol. The second-order valence-corrected chi connectivity index (χ2v) is 12.8. The molecule has 4 rings (SSSR count). The maximum Gasteiger partial charge on any atom is 0.330 e. The monoisotopic (exact) mass is 781 g/mol. The first-order chi connectivity index (χ1) is 27.4. The Morgan fingerprint density at radius 1 is 0.772 bits per heavy atom. The number of benzene rings is 3. The number of fused-ring (bicyclic) bond motifs is 1. The number of anilines is 2. The van der Waals surface area contributed by atoms with Crippen molar-refractivity contribution in [2.24, 2.45) is 10.2 Å². The molecule has 4 aromatic rings. The molecule has 0 fully saturated rings. The van der Waals surface area contributed by atoms with E-state index >= 15 is 0 Å². The lowest BCUT2D eigenvalue weighted by Crippen LogP contribution is -2.31. The zero-order valence-corrected chi connectivity index (χ0v) is 32.1. The molecule has 0 aliphatic rings. The van der Waals surface area contributed by atoms with Crippen LogP contribution in [0.5, 0.6) is 0 Å². The number of azo groups is 1. The van der Waals surface area contributed by atoms with Crippen LogP contribution >= 0.6 is 0 Å². The number of carbonyl (C=O) groups is 6. The molecule has 0 radical (unpaired) electrons. The summed E-state index contributed by atoms with van der Waals surface area (Å²) in [6, 6.07) is 13.4. The van der Waals surface area contributed by atoms with Crippen molar-refractivity contribution in [3.63, 3.8) is 0 Å². The second kappa shape index (κ2) is 21.4. The number of imidazole rings is 1. The molecule has 1 heterocycles. The molecular weight excluding hydrogens is 734 g/mol. The summed E-state index contributed by atoms with van der Waals surface area (Å²) in [6.45, 7) is 12.2. The molecule has 0 saturated carbocycles. The zero-order chi connectivity index (χ0) is 41.3. The Hall–Kier alpha value is -6.75. The molecular formula is C40H47N9O8. The lowest BCUT2D eigenvalue weighted by molar-refractivity contribution is -0.137. The molecule has 17 heteroatoms. The Balaban J connectivity index is 1.42. The number of hydrogen-bond donors (Lipinski definition) is 6. The van der Waals surface area contributed by atoms with E-state index in [0.29, 0.717) is 29.7 Å². The first kappa shape index (κ1) is 43.0. The van der Waals surface area contributed by atoms with Gasteiger partial charge in [-0.05, 0) is 106 Å². The standard InChI is InChI=1S/C40H47N9O8/c1-5-34(51)57-20-10-18-42-37(53)28-21-27(36(52)41-17-8-9-19-49(6-2)7-3)22-31(23-28)44-38(54)26-11-13-29(14-12-26)47-48-35(25(4)50)39(55)43-30-15-16-32-33(24-30)46-40(56)45-32/h5,11-16,21-24,35H,1,6-10,17-20H2,2-4H3,(H,41,52)(H,42,53)(H,43,55)(H,44,54)(H2,45,46,56). The minimum absolute atomic E-state index is 0.0761. The lowest BCUT2D eigenvalue weighted by Gasteiger charge is -2.17. The average molecular weight is 782 g/mol. The second-order valence-electron chi connectivity index (χ2n) is 12.8. The van der Waals surface area contributed by atoms with E-state index in [-0.39, 0.29) is 41.2 Å². The number of amides is 4. The highest BCUT2D eigenvalue weighted by atomic mass is 16.5. The Labute approximate surface area is 328 Å². The normalized spacial score (nSPS) is 11.6. The van der Waals surface area contributed by atoms with Gasteiger partial charge in [-0.25, -0.2) is 9.59 Å². The zero-order valence-electron chi connectivity index (χ0n) is 32.1. The van der Waals surface area contributed by atoms with Gasteiger partial charge in [0.1, 0.15) is 0 Å². The van der Waals surface area contributed by atoms with Gasteiger partial charge in [0.25, 0.3) is 23.6 Å². The molecule has 0 spiro atoms. The Bertz CT molecular complexity index is 2170. The first-order valence-corrected chi connectivity index (χ1v) is 18.5. The Kier molecular flexibility index (Phi) is 16.1. The summed E-state index contributed by atoms with van der Waals surface area (Å²) in [4.78, 5) is 95.2. The number of carbonyl (C=O) groups excluding carboxylic acids is 6. The summed E-state index contributed by atoms with van der Waals surface area (Å²) < 4.78 is 4.94. The van der Waals surface area contributed by atoms with Gasteiger partial charge >= 0.3 is 11.7 Å². The van der Waals surface area contributed by atoms with Crippen molar-refractivity contribution >= 4 is 63.5 Å². The number of rotatable bonds is 21. The van der Waals surface area contributed by atoms with E-state index in [1.807, 2.05) is 0 Å². The summed E-state index contributed by atoms with van der Waals surface area (Å²) in [5.41, 5.74) is 1.90. The van der Waals surface area contributed by atoms with Crippen LogP contribution in [0.15, 0.2) is 88.3 Å². The molecule has 300 valence electrons. The third-order valence-corrected chi connectivity index (χ3v) is 8.65.